The lowest BCUT2D eigenvalue weighted by Gasteiger charge is -2.24. The summed E-state index contributed by atoms with van der Waals surface area (Å²) in [4.78, 5) is 15.1. The van der Waals surface area contributed by atoms with E-state index >= 15 is 0 Å². The Balaban J connectivity index is 2.31. The molecule has 0 fully saturated rings. The molecule has 0 spiro atoms. The molecule has 1 unspecified atom stereocenters. The largest absolute Gasteiger partial charge is 0.397 e. The van der Waals surface area contributed by atoms with Crippen LogP contribution in [0.4, 0.5) is 5.69 Å². The Morgan fingerprint density at radius 3 is 2.86 bits per heavy atom. The van der Waals surface area contributed by atoms with Gasteiger partial charge in [-0.25, -0.2) is 0 Å². The van der Waals surface area contributed by atoms with Crippen LogP contribution in [0.5, 0.6) is 0 Å². The monoisotopic (exact) mass is 386 g/mol. The molecule has 0 aliphatic rings. The average molecular weight is 387 g/mol. The Labute approximate surface area is 142 Å². The lowest BCUT2D eigenvalue weighted by Crippen LogP contribution is -2.35. The molecule has 114 valence electrons. The fourth-order valence-electron chi connectivity index (χ4n) is 2.13. The number of anilines is 1. The minimum Gasteiger partial charge on any atom is -0.397 e. The van der Waals surface area contributed by atoms with Crippen molar-refractivity contribution in [3.63, 3.8) is 0 Å². The standard InChI is InChI=1S/C15H19BrN2OS2/c1-9(7-8-20-3)18(2)15(19)14-13(17)12-10(16)5-4-6-11(12)21-14/h4-6,9H,7-8,17H2,1-3H3. The normalized spacial score (nSPS) is 12.6. The maximum Gasteiger partial charge on any atom is 0.266 e. The molecule has 1 atom stereocenters. The summed E-state index contributed by atoms with van der Waals surface area (Å²) in [6.45, 7) is 2.08. The highest BCUT2D eigenvalue weighted by molar-refractivity contribution is 9.10. The van der Waals surface area contributed by atoms with Crippen LogP contribution in [0, 0.1) is 0 Å². The summed E-state index contributed by atoms with van der Waals surface area (Å²) >= 11 is 6.77. The van der Waals surface area contributed by atoms with Crippen molar-refractivity contribution in [1.29, 1.82) is 0 Å². The Morgan fingerprint density at radius 1 is 1.52 bits per heavy atom. The number of nitrogens with zero attached hydrogens (tertiary/aromatic N) is 1. The van der Waals surface area contributed by atoms with Crippen molar-refractivity contribution >= 4 is 60.7 Å². The van der Waals surface area contributed by atoms with Crippen LogP contribution in [0.2, 0.25) is 0 Å². The zero-order chi connectivity index (χ0) is 15.6. The number of rotatable bonds is 5. The van der Waals surface area contributed by atoms with Gasteiger partial charge >= 0.3 is 0 Å². The van der Waals surface area contributed by atoms with Gasteiger partial charge in [0.05, 0.1) is 5.69 Å². The molecule has 1 aromatic carbocycles. The number of hydrogen-bond acceptors (Lipinski definition) is 4. The summed E-state index contributed by atoms with van der Waals surface area (Å²) in [6, 6.07) is 6.11. The molecule has 0 saturated heterocycles. The highest BCUT2D eigenvalue weighted by Crippen LogP contribution is 2.38. The van der Waals surface area contributed by atoms with Crippen molar-refractivity contribution in [2.75, 3.05) is 24.8 Å². The first-order chi connectivity index (χ1) is 9.97. The number of carbonyl (C=O) groups excluding carboxylic acids is 1. The van der Waals surface area contributed by atoms with E-state index in [9.17, 15) is 4.79 Å². The van der Waals surface area contributed by atoms with Gasteiger partial charge in [0.1, 0.15) is 4.88 Å². The molecule has 0 radical (unpaired) electrons. The van der Waals surface area contributed by atoms with E-state index in [2.05, 4.69) is 29.1 Å². The topological polar surface area (TPSA) is 46.3 Å². The summed E-state index contributed by atoms with van der Waals surface area (Å²) in [5.41, 5.74) is 6.79. The van der Waals surface area contributed by atoms with Crippen LogP contribution in [0.1, 0.15) is 23.0 Å². The summed E-state index contributed by atoms with van der Waals surface area (Å²) < 4.78 is 1.97. The molecule has 21 heavy (non-hydrogen) atoms. The van der Waals surface area contributed by atoms with Gasteiger partial charge in [0.15, 0.2) is 0 Å². The molecule has 0 aliphatic heterocycles. The zero-order valence-corrected chi connectivity index (χ0v) is 15.6. The van der Waals surface area contributed by atoms with Gasteiger partial charge in [0.25, 0.3) is 5.91 Å². The van der Waals surface area contributed by atoms with E-state index in [0.717, 1.165) is 26.7 Å². The van der Waals surface area contributed by atoms with Gasteiger partial charge in [0.2, 0.25) is 0 Å². The molecule has 6 heteroatoms. The van der Waals surface area contributed by atoms with Crippen LogP contribution in [0.3, 0.4) is 0 Å². The van der Waals surface area contributed by atoms with E-state index < -0.39 is 0 Å². The Kier molecular flexibility index (Phi) is 5.57. The lowest BCUT2D eigenvalue weighted by molar-refractivity contribution is 0.0747. The minimum atomic E-state index is 0.00852. The maximum absolute atomic E-state index is 12.7. The summed E-state index contributed by atoms with van der Waals surface area (Å²) in [5, 5.41) is 0.941. The smallest absolute Gasteiger partial charge is 0.266 e. The van der Waals surface area contributed by atoms with Gasteiger partial charge in [-0.3, -0.25) is 4.79 Å². The molecular formula is C15H19BrN2OS2. The van der Waals surface area contributed by atoms with Crippen molar-refractivity contribution in [1.82, 2.24) is 4.90 Å². The number of hydrogen-bond donors (Lipinski definition) is 1. The van der Waals surface area contributed by atoms with Crippen LogP contribution < -0.4 is 5.73 Å². The van der Waals surface area contributed by atoms with E-state index in [-0.39, 0.29) is 11.9 Å². The van der Waals surface area contributed by atoms with E-state index in [4.69, 9.17) is 5.73 Å². The lowest BCUT2D eigenvalue weighted by atomic mass is 10.2. The quantitative estimate of drug-likeness (QED) is 0.824. The average Bonchev–Trinajstić information content (AvgIpc) is 2.81. The van der Waals surface area contributed by atoms with E-state index in [1.807, 2.05) is 25.2 Å². The van der Waals surface area contributed by atoms with Crippen LogP contribution in [-0.4, -0.2) is 35.9 Å². The predicted molar refractivity (Wildman–Crippen MR) is 98.5 cm³/mol. The Morgan fingerprint density at radius 2 is 2.24 bits per heavy atom. The first-order valence-corrected chi connectivity index (χ1v) is 9.70. The molecule has 0 aliphatic carbocycles. The fraction of sp³-hybridized carbons (Fsp3) is 0.400. The molecule has 0 bridgehead atoms. The molecule has 3 nitrogen and oxygen atoms in total. The highest BCUT2D eigenvalue weighted by Gasteiger charge is 2.23. The van der Waals surface area contributed by atoms with Crippen molar-refractivity contribution < 1.29 is 4.79 Å². The number of carbonyl (C=O) groups is 1. The van der Waals surface area contributed by atoms with Gasteiger partial charge in [-0.05, 0) is 37.5 Å². The number of halogens is 1. The van der Waals surface area contributed by atoms with Crippen LogP contribution in [0.25, 0.3) is 10.1 Å². The predicted octanol–water partition coefficient (Wildman–Crippen LogP) is 4.46. The van der Waals surface area contributed by atoms with E-state index in [1.165, 1.54) is 11.3 Å². The van der Waals surface area contributed by atoms with Gasteiger partial charge in [-0.1, -0.05) is 22.0 Å². The van der Waals surface area contributed by atoms with Crippen LogP contribution in [0.15, 0.2) is 22.7 Å². The zero-order valence-electron chi connectivity index (χ0n) is 12.4. The number of thiophene rings is 1. The van der Waals surface area contributed by atoms with E-state index in [0.29, 0.717) is 10.6 Å². The maximum atomic E-state index is 12.7. The third-order valence-electron chi connectivity index (χ3n) is 3.62. The van der Waals surface area contributed by atoms with Crippen LogP contribution in [-0.2, 0) is 0 Å². The summed E-state index contributed by atoms with van der Waals surface area (Å²) in [7, 11) is 1.85. The number of thioether (sulfide) groups is 1. The SMILES string of the molecule is CSCCC(C)N(C)C(=O)c1sc2cccc(Br)c2c1N. The first kappa shape index (κ1) is 16.6. The van der Waals surface area contributed by atoms with E-state index in [1.54, 1.807) is 16.7 Å². The van der Waals surface area contributed by atoms with Crippen molar-refractivity contribution in [3.8, 4) is 0 Å². The van der Waals surface area contributed by atoms with Crippen molar-refractivity contribution in [3.05, 3.63) is 27.5 Å². The number of amides is 1. The molecule has 1 amide bonds. The van der Waals surface area contributed by atoms with Gasteiger partial charge in [-0.2, -0.15) is 11.8 Å². The highest BCUT2D eigenvalue weighted by atomic mass is 79.9. The fourth-order valence-corrected chi connectivity index (χ4v) is 4.55. The molecule has 1 heterocycles. The molecule has 2 rings (SSSR count). The molecule has 2 N–H and O–H groups in total. The second-order valence-corrected chi connectivity index (χ2v) is 7.90. The number of benzene rings is 1. The first-order valence-electron chi connectivity index (χ1n) is 6.70. The third-order valence-corrected chi connectivity index (χ3v) is 6.08. The summed E-state index contributed by atoms with van der Waals surface area (Å²) in [5.74, 6) is 1.06. The molecular weight excluding hydrogens is 368 g/mol. The van der Waals surface area contributed by atoms with Crippen molar-refractivity contribution in [2.24, 2.45) is 0 Å². The second kappa shape index (κ2) is 7.03. The second-order valence-electron chi connectivity index (χ2n) is 5.00. The van der Waals surface area contributed by atoms with Gasteiger partial charge < -0.3 is 10.6 Å². The molecule has 1 aromatic heterocycles. The van der Waals surface area contributed by atoms with Crippen LogP contribution >= 0.6 is 39.0 Å². The number of fused-ring (bicyclic) bond motifs is 1. The minimum absolute atomic E-state index is 0.00852. The number of nitrogens with two attached hydrogens (primary N) is 1. The molecule has 2 aromatic rings. The molecule has 0 saturated carbocycles. The Hall–Kier alpha value is -0.720. The summed E-state index contributed by atoms with van der Waals surface area (Å²) in [6.07, 6.45) is 3.06. The Bertz CT molecular complexity index is 656. The van der Waals surface area contributed by atoms with Gasteiger partial charge in [0, 0.05) is 27.6 Å². The van der Waals surface area contributed by atoms with Gasteiger partial charge in [-0.15, -0.1) is 11.3 Å². The van der Waals surface area contributed by atoms with Crippen molar-refractivity contribution in [2.45, 2.75) is 19.4 Å². The number of nitrogen functional groups attached to an aromatic ring is 1. The third kappa shape index (κ3) is 3.38.